The van der Waals surface area contributed by atoms with Crippen molar-refractivity contribution >= 4 is 0 Å². The summed E-state index contributed by atoms with van der Waals surface area (Å²) in [7, 11) is 0. The summed E-state index contributed by atoms with van der Waals surface area (Å²) >= 11 is 0. The molecule has 1 saturated carbocycles. The van der Waals surface area contributed by atoms with E-state index in [1.807, 2.05) is 6.07 Å². The van der Waals surface area contributed by atoms with Gasteiger partial charge in [0.25, 0.3) is 0 Å². The molecule has 2 aromatic rings. The van der Waals surface area contributed by atoms with Crippen LogP contribution in [-0.2, 0) is 12.8 Å². The van der Waals surface area contributed by atoms with Crippen molar-refractivity contribution in [3.8, 4) is 5.75 Å². The van der Waals surface area contributed by atoms with E-state index in [4.69, 9.17) is 0 Å². The fraction of sp³-hybridized carbons (Fsp3) is 0.478. The van der Waals surface area contributed by atoms with Gasteiger partial charge in [0.1, 0.15) is 5.75 Å². The summed E-state index contributed by atoms with van der Waals surface area (Å²) in [6.45, 7) is 3.52. The molecule has 0 spiro atoms. The Morgan fingerprint density at radius 2 is 1.61 bits per heavy atom. The van der Waals surface area contributed by atoms with Gasteiger partial charge in [0.2, 0.25) is 0 Å². The smallest absolute Gasteiger partial charge is 0.406 e. The highest BCUT2D eigenvalue weighted by atomic mass is 19.4. The van der Waals surface area contributed by atoms with Crippen molar-refractivity contribution < 1.29 is 17.9 Å². The van der Waals surface area contributed by atoms with Crippen LogP contribution in [-0.4, -0.2) is 30.9 Å². The largest absolute Gasteiger partial charge is 0.573 e. The van der Waals surface area contributed by atoms with E-state index in [0.717, 1.165) is 49.1 Å². The van der Waals surface area contributed by atoms with Gasteiger partial charge in [0.05, 0.1) is 0 Å². The molecule has 150 valence electrons. The standard InChI is InChI=1S/C23H26F3NO/c24-23(25,26)28-19-10-4-8-18(14-19)11-12-20-21-15-27(16-22(20)21)13-5-9-17-6-2-1-3-7-17/h1-4,6-8,10,14,20-22H,5,9,11-13,15-16H2. The Morgan fingerprint density at radius 3 is 2.32 bits per heavy atom. The van der Waals surface area contributed by atoms with Gasteiger partial charge in [-0.05, 0) is 73.2 Å². The van der Waals surface area contributed by atoms with E-state index >= 15 is 0 Å². The summed E-state index contributed by atoms with van der Waals surface area (Å²) in [4.78, 5) is 2.58. The van der Waals surface area contributed by atoms with Crippen LogP contribution < -0.4 is 4.74 Å². The van der Waals surface area contributed by atoms with E-state index in [-0.39, 0.29) is 5.75 Å². The monoisotopic (exact) mass is 389 g/mol. The van der Waals surface area contributed by atoms with Crippen LogP contribution >= 0.6 is 0 Å². The molecule has 28 heavy (non-hydrogen) atoms. The van der Waals surface area contributed by atoms with Gasteiger partial charge in [-0.1, -0.05) is 42.5 Å². The highest BCUT2D eigenvalue weighted by molar-refractivity contribution is 5.29. The lowest BCUT2D eigenvalue weighted by molar-refractivity contribution is -0.274. The Labute approximate surface area is 164 Å². The molecule has 2 aromatic carbocycles. The maximum Gasteiger partial charge on any atom is 0.573 e. The minimum absolute atomic E-state index is 0.120. The number of piperidine rings is 1. The fourth-order valence-corrected chi connectivity index (χ4v) is 4.73. The first kappa shape index (κ1) is 19.3. The highest BCUT2D eigenvalue weighted by Crippen LogP contribution is 2.53. The predicted octanol–water partition coefficient (Wildman–Crippen LogP) is 5.33. The molecule has 2 atom stereocenters. The lowest BCUT2D eigenvalue weighted by Gasteiger charge is -2.19. The average molecular weight is 389 g/mol. The minimum atomic E-state index is -4.63. The molecule has 0 bridgehead atoms. The Balaban J connectivity index is 1.16. The van der Waals surface area contributed by atoms with Gasteiger partial charge < -0.3 is 9.64 Å². The molecule has 0 aromatic heterocycles. The van der Waals surface area contributed by atoms with Crippen LogP contribution in [0.3, 0.4) is 0 Å². The van der Waals surface area contributed by atoms with Gasteiger partial charge in [-0.15, -0.1) is 13.2 Å². The number of hydrogen-bond acceptors (Lipinski definition) is 2. The van der Waals surface area contributed by atoms with E-state index in [1.54, 1.807) is 6.07 Å². The van der Waals surface area contributed by atoms with E-state index in [1.165, 1.54) is 37.2 Å². The van der Waals surface area contributed by atoms with Crippen LogP contribution in [0, 0.1) is 17.8 Å². The van der Waals surface area contributed by atoms with E-state index < -0.39 is 6.36 Å². The van der Waals surface area contributed by atoms with E-state index in [0.29, 0.717) is 0 Å². The van der Waals surface area contributed by atoms with E-state index in [2.05, 4.69) is 40.0 Å². The Bertz CT molecular complexity index is 765. The molecule has 1 heterocycles. The number of likely N-dealkylation sites (tertiary alicyclic amines) is 1. The van der Waals surface area contributed by atoms with Crippen molar-refractivity contribution in [3.63, 3.8) is 0 Å². The average Bonchev–Trinajstić information content (AvgIpc) is 3.10. The molecule has 4 rings (SSSR count). The van der Waals surface area contributed by atoms with Gasteiger partial charge in [-0.2, -0.15) is 0 Å². The second-order valence-electron chi connectivity index (χ2n) is 8.07. The SMILES string of the molecule is FC(F)(F)Oc1cccc(CCC2C3CN(CCCc4ccccc4)CC23)c1. The summed E-state index contributed by atoms with van der Waals surface area (Å²) in [5.74, 6) is 2.18. The topological polar surface area (TPSA) is 12.5 Å². The number of fused-ring (bicyclic) bond motifs is 1. The lowest BCUT2D eigenvalue weighted by Crippen LogP contribution is -2.26. The normalized spacial score (nSPS) is 24.2. The van der Waals surface area contributed by atoms with E-state index in [9.17, 15) is 13.2 Å². The Kier molecular flexibility index (Phi) is 5.63. The fourth-order valence-electron chi connectivity index (χ4n) is 4.73. The maximum atomic E-state index is 12.3. The summed E-state index contributed by atoms with van der Waals surface area (Å²) in [5.41, 5.74) is 2.33. The number of nitrogens with zero attached hydrogens (tertiary/aromatic N) is 1. The first-order valence-corrected chi connectivity index (χ1v) is 10.1. The molecule has 5 heteroatoms. The number of alkyl halides is 3. The maximum absolute atomic E-state index is 12.3. The van der Waals surface area contributed by atoms with Crippen molar-refractivity contribution in [1.82, 2.24) is 4.90 Å². The van der Waals surface area contributed by atoms with Gasteiger partial charge in [-0.25, -0.2) is 0 Å². The summed E-state index contributed by atoms with van der Waals surface area (Å²) in [6.07, 6.45) is -0.425. The van der Waals surface area contributed by atoms with Crippen LogP contribution in [0.1, 0.15) is 24.0 Å². The quantitative estimate of drug-likeness (QED) is 0.605. The van der Waals surface area contributed by atoms with Crippen molar-refractivity contribution in [2.75, 3.05) is 19.6 Å². The number of hydrogen-bond donors (Lipinski definition) is 0. The van der Waals surface area contributed by atoms with Crippen molar-refractivity contribution in [1.29, 1.82) is 0 Å². The molecular weight excluding hydrogens is 363 g/mol. The summed E-state index contributed by atoms with van der Waals surface area (Å²) in [5, 5.41) is 0. The summed E-state index contributed by atoms with van der Waals surface area (Å²) in [6, 6.07) is 17.0. The predicted molar refractivity (Wildman–Crippen MR) is 103 cm³/mol. The Hall–Kier alpha value is -2.01. The number of halogens is 3. The molecule has 0 N–H and O–H groups in total. The second-order valence-corrected chi connectivity index (χ2v) is 8.07. The third kappa shape index (κ3) is 5.07. The van der Waals surface area contributed by atoms with Gasteiger partial charge in [0.15, 0.2) is 0 Å². The molecular formula is C23H26F3NO. The number of benzene rings is 2. The third-order valence-electron chi connectivity index (χ3n) is 6.13. The molecule has 2 unspecified atom stereocenters. The second kappa shape index (κ2) is 8.16. The third-order valence-corrected chi connectivity index (χ3v) is 6.13. The van der Waals surface area contributed by atoms with Gasteiger partial charge >= 0.3 is 6.36 Å². The number of rotatable bonds is 8. The van der Waals surface area contributed by atoms with Crippen molar-refractivity contribution in [3.05, 3.63) is 65.7 Å². The van der Waals surface area contributed by atoms with Crippen molar-refractivity contribution in [2.45, 2.75) is 32.0 Å². The van der Waals surface area contributed by atoms with Crippen LogP contribution in [0.15, 0.2) is 54.6 Å². The zero-order valence-corrected chi connectivity index (χ0v) is 15.9. The Morgan fingerprint density at radius 1 is 0.893 bits per heavy atom. The zero-order chi connectivity index (χ0) is 19.6. The molecule has 1 aliphatic heterocycles. The first-order valence-electron chi connectivity index (χ1n) is 10.1. The van der Waals surface area contributed by atoms with Crippen LogP contribution in [0.4, 0.5) is 13.2 Å². The highest BCUT2D eigenvalue weighted by Gasteiger charge is 2.54. The number of aryl methyl sites for hydroxylation is 2. The molecule has 2 aliphatic rings. The van der Waals surface area contributed by atoms with Crippen molar-refractivity contribution in [2.24, 2.45) is 17.8 Å². The minimum Gasteiger partial charge on any atom is -0.406 e. The van der Waals surface area contributed by atoms with Gasteiger partial charge in [0, 0.05) is 13.1 Å². The molecule has 1 saturated heterocycles. The zero-order valence-electron chi connectivity index (χ0n) is 15.9. The number of ether oxygens (including phenoxy) is 1. The molecule has 0 radical (unpaired) electrons. The first-order chi connectivity index (χ1) is 13.5. The van der Waals surface area contributed by atoms with Crippen LogP contribution in [0.2, 0.25) is 0 Å². The van der Waals surface area contributed by atoms with Crippen LogP contribution in [0.5, 0.6) is 5.75 Å². The molecule has 0 amide bonds. The molecule has 1 aliphatic carbocycles. The summed E-state index contributed by atoms with van der Waals surface area (Å²) < 4.78 is 41.1. The van der Waals surface area contributed by atoms with Gasteiger partial charge in [-0.3, -0.25) is 0 Å². The molecule has 2 fully saturated rings. The lowest BCUT2D eigenvalue weighted by atomic mass is 10.0. The molecule has 2 nitrogen and oxygen atoms in total. The van der Waals surface area contributed by atoms with Crippen LogP contribution in [0.25, 0.3) is 0 Å².